The van der Waals surface area contributed by atoms with Crippen LogP contribution in [0.5, 0.6) is 5.75 Å². The number of phenols is 1. The maximum Gasteiger partial charge on any atom is 0.119 e. The monoisotopic (exact) mass is 270 g/mol. The Morgan fingerprint density at radius 2 is 2.20 bits per heavy atom. The highest BCUT2D eigenvalue weighted by molar-refractivity contribution is 5.39. The van der Waals surface area contributed by atoms with Crippen molar-refractivity contribution in [3.63, 3.8) is 0 Å². The molecule has 1 aromatic carbocycles. The lowest BCUT2D eigenvalue weighted by Gasteiger charge is -2.46. The summed E-state index contributed by atoms with van der Waals surface area (Å²) in [5.41, 5.74) is 2.56. The molecule has 4 atom stereocenters. The maximum absolute atomic E-state index is 10.1. The molecule has 2 nitrogen and oxygen atoms in total. The minimum Gasteiger partial charge on any atom is -0.508 e. The Kier molecular flexibility index (Phi) is 3.26. The lowest BCUT2D eigenvalue weighted by Crippen LogP contribution is -2.40. The minimum atomic E-state index is -0.635. The molecule has 2 aliphatic rings. The van der Waals surface area contributed by atoms with Crippen molar-refractivity contribution in [2.24, 2.45) is 11.3 Å². The van der Waals surface area contributed by atoms with Crippen LogP contribution in [-0.2, 0) is 6.42 Å². The van der Waals surface area contributed by atoms with Gasteiger partial charge in [-0.2, -0.15) is 0 Å². The van der Waals surface area contributed by atoms with Gasteiger partial charge in [0.2, 0.25) is 0 Å². The van der Waals surface area contributed by atoms with Crippen LogP contribution in [0.2, 0.25) is 0 Å². The summed E-state index contributed by atoms with van der Waals surface area (Å²) in [6.07, 6.45) is 10.00. The molecule has 0 aliphatic heterocycles. The van der Waals surface area contributed by atoms with Crippen LogP contribution in [0.1, 0.15) is 49.7 Å². The van der Waals surface area contributed by atoms with Gasteiger partial charge in [0.05, 0.1) is 0 Å². The van der Waals surface area contributed by atoms with E-state index in [4.69, 9.17) is 6.42 Å². The molecule has 0 unspecified atom stereocenters. The Morgan fingerprint density at radius 3 is 2.95 bits per heavy atom. The minimum absolute atomic E-state index is 0.135. The quantitative estimate of drug-likeness (QED) is 0.769. The summed E-state index contributed by atoms with van der Waals surface area (Å²) >= 11 is 0. The molecule has 0 amide bonds. The number of terminal acetylenes is 1. The number of rotatable bonds is 1. The second-order valence-electron chi connectivity index (χ2n) is 6.75. The van der Waals surface area contributed by atoms with Crippen molar-refractivity contribution in [2.45, 2.75) is 51.0 Å². The van der Waals surface area contributed by atoms with Gasteiger partial charge in [-0.15, -0.1) is 6.42 Å². The van der Waals surface area contributed by atoms with Crippen molar-refractivity contribution in [3.05, 3.63) is 29.3 Å². The number of benzene rings is 1. The van der Waals surface area contributed by atoms with Crippen LogP contribution in [-0.4, -0.2) is 16.3 Å². The maximum atomic E-state index is 10.1. The summed E-state index contributed by atoms with van der Waals surface area (Å²) in [5.74, 6) is 4.06. The first-order valence-corrected chi connectivity index (χ1v) is 7.49. The molecule has 0 radical (unpaired) electrons. The second kappa shape index (κ2) is 4.82. The highest BCUT2D eigenvalue weighted by Crippen LogP contribution is 2.52. The SMILES string of the molecule is C#C[C@@H](O)[C@@]1(C)CC[C@@H]2c3ccc(O)cc3CC[C@H]2C1. The molecule has 0 spiro atoms. The Bertz CT molecular complexity index is 557. The number of aliphatic hydroxyl groups excluding tert-OH is 1. The van der Waals surface area contributed by atoms with Gasteiger partial charge in [-0.1, -0.05) is 18.9 Å². The lowest BCUT2D eigenvalue weighted by atomic mass is 9.59. The van der Waals surface area contributed by atoms with Crippen molar-refractivity contribution in [1.29, 1.82) is 0 Å². The molecule has 2 aliphatic carbocycles. The Labute approximate surface area is 120 Å². The molecule has 1 aromatic rings. The van der Waals surface area contributed by atoms with Crippen molar-refractivity contribution >= 4 is 0 Å². The smallest absolute Gasteiger partial charge is 0.119 e. The van der Waals surface area contributed by atoms with Gasteiger partial charge >= 0.3 is 0 Å². The van der Waals surface area contributed by atoms with Gasteiger partial charge in [0.25, 0.3) is 0 Å². The first-order chi connectivity index (χ1) is 9.53. The number of hydrogen-bond acceptors (Lipinski definition) is 2. The summed E-state index contributed by atoms with van der Waals surface area (Å²) in [4.78, 5) is 0. The summed E-state index contributed by atoms with van der Waals surface area (Å²) in [6.45, 7) is 2.13. The van der Waals surface area contributed by atoms with Gasteiger partial charge in [0.1, 0.15) is 11.9 Å². The normalized spacial score (nSPS) is 33.6. The molecule has 0 bridgehead atoms. The summed E-state index contributed by atoms with van der Waals surface area (Å²) in [6, 6.07) is 5.79. The molecular formula is C18H22O2. The first kappa shape index (κ1) is 13.5. The van der Waals surface area contributed by atoms with E-state index in [2.05, 4.69) is 18.9 Å². The van der Waals surface area contributed by atoms with E-state index >= 15 is 0 Å². The fourth-order valence-corrected chi connectivity index (χ4v) is 4.24. The Balaban J connectivity index is 1.86. The zero-order valence-electron chi connectivity index (χ0n) is 12.0. The van der Waals surface area contributed by atoms with Crippen LogP contribution >= 0.6 is 0 Å². The predicted octanol–water partition coefficient (Wildman–Crippen LogP) is 3.22. The van der Waals surface area contributed by atoms with Crippen LogP contribution in [0.4, 0.5) is 0 Å². The molecule has 2 N–H and O–H groups in total. The molecular weight excluding hydrogens is 248 g/mol. The van der Waals surface area contributed by atoms with E-state index < -0.39 is 6.10 Å². The third-order valence-corrected chi connectivity index (χ3v) is 5.45. The third-order valence-electron chi connectivity index (χ3n) is 5.45. The van der Waals surface area contributed by atoms with Gasteiger partial charge in [0.15, 0.2) is 0 Å². The van der Waals surface area contributed by atoms with Crippen molar-refractivity contribution < 1.29 is 10.2 Å². The highest BCUT2D eigenvalue weighted by Gasteiger charge is 2.43. The largest absolute Gasteiger partial charge is 0.508 e. The van der Waals surface area contributed by atoms with Crippen molar-refractivity contribution in [2.75, 3.05) is 0 Å². The molecule has 0 heterocycles. The van der Waals surface area contributed by atoms with E-state index in [0.29, 0.717) is 17.6 Å². The van der Waals surface area contributed by atoms with Crippen LogP contribution in [0, 0.1) is 23.7 Å². The summed E-state index contributed by atoms with van der Waals surface area (Å²) < 4.78 is 0. The fraction of sp³-hybridized carbons (Fsp3) is 0.556. The van der Waals surface area contributed by atoms with Crippen LogP contribution in [0.3, 0.4) is 0 Å². The van der Waals surface area contributed by atoms with Crippen LogP contribution < -0.4 is 0 Å². The van der Waals surface area contributed by atoms with E-state index in [0.717, 1.165) is 32.1 Å². The van der Waals surface area contributed by atoms with Gasteiger partial charge in [-0.05, 0) is 67.2 Å². The average molecular weight is 270 g/mol. The van der Waals surface area contributed by atoms with E-state index in [1.165, 1.54) is 11.1 Å². The number of fused-ring (bicyclic) bond motifs is 3. The van der Waals surface area contributed by atoms with Crippen molar-refractivity contribution in [1.82, 2.24) is 0 Å². The van der Waals surface area contributed by atoms with E-state index in [-0.39, 0.29) is 5.41 Å². The topological polar surface area (TPSA) is 40.5 Å². The fourth-order valence-electron chi connectivity index (χ4n) is 4.24. The zero-order chi connectivity index (χ0) is 14.3. The first-order valence-electron chi connectivity index (χ1n) is 7.49. The zero-order valence-corrected chi connectivity index (χ0v) is 12.0. The van der Waals surface area contributed by atoms with E-state index in [9.17, 15) is 10.2 Å². The lowest BCUT2D eigenvalue weighted by molar-refractivity contribution is 0.0179. The highest BCUT2D eigenvalue weighted by atomic mass is 16.3. The van der Waals surface area contributed by atoms with Gasteiger partial charge in [0, 0.05) is 5.41 Å². The summed E-state index contributed by atoms with van der Waals surface area (Å²) in [7, 11) is 0. The van der Waals surface area contributed by atoms with Gasteiger partial charge < -0.3 is 10.2 Å². The van der Waals surface area contributed by atoms with Crippen LogP contribution in [0.15, 0.2) is 18.2 Å². The molecule has 1 fully saturated rings. The summed E-state index contributed by atoms with van der Waals surface area (Å²) in [5, 5.41) is 19.7. The van der Waals surface area contributed by atoms with Gasteiger partial charge in [-0.25, -0.2) is 0 Å². The number of aryl methyl sites for hydroxylation is 1. The average Bonchev–Trinajstić information content (AvgIpc) is 2.45. The molecule has 1 saturated carbocycles. The number of hydrogen-bond donors (Lipinski definition) is 2. The second-order valence-corrected chi connectivity index (χ2v) is 6.75. The van der Waals surface area contributed by atoms with E-state index in [1.807, 2.05) is 6.07 Å². The van der Waals surface area contributed by atoms with Crippen LogP contribution in [0.25, 0.3) is 0 Å². The van der Waals surface area contributed by atoms with E-state index in [1.54, 1.807) is 6.07 Å². The molecule has 20 heavy (non-hydrogen) atoms. The van der Waals surface area contributed by atoms with Gasteiger partial charge in [-0.3, -0.25) is 0 Å². The molecule has 3 rings (SSSR count). The number of phenolic OH excluding ortho intramolecular Hbond substituents is 1. The molecule has 2 heteroatoms. The molecule has 106 valence electrons. The Morgan fingerprint density at radius 1 is 1.40 bits per heavy atom. The molecule has 0 saturated heterocycles. The standard InChI is InChI=1S/C18H22O2/c1-3-17(20)18(2)9-8-16-13(11-18)5-4-12-10-14(19)6-7-15(12)16/h1,6-7,10,13,16-17,19-20H,4-5,8-9,11H2,2H3/t13-,16-,17+,18-/m0/s1. The number of aliphatic hydroxyl groups is 1. The van der Waals surface area contributed by atoms with Crippen molar-refractivity contribution in [3.8, 4) is 18.1 Å². The third kappa shape index (κ3) is 2.11. The number of aromatic hydroxyl groups is 1. The molecule has 0 aromatic heterocycles. The Hall–Kier alpha value is -1.46. The predicted molar refractivity (Wildman–Crippen MR) is 79.5 cm³/mol.